The molecular weight excluding hydrogens is 608 g/mol. The maximum atomic E-state index is 11.8. The molecular formula is C40H52O8. The molecule has 8 nitrogen and oxygen atoms in total. The highest BCUT2D eigenvalue weighted by Gasteiger charge is 2.31. The molecule has 0 aromatic heterocycles. The van der Waals surface area contributed by atoms with Crippen molar-refractivity contribution in [3.05, 3.63) is 85.0 Å². The Balaban J connectivity index is 1.35. The lowest BCUT2D eigenvalue weighted by atomic mass is 9.68. The first-order valence-electron chi connectivity index (χ1n) is 17.3. The van der Waals surface area contributed by atoms with Gasteiger partial charge in [-0.1, -0.05) is 56.3 Å². The first-order valence-corrected chi connectivity index (χ1v) is 17.3. The minimum Gasteiger partial charge on any atom is -0.490 e. The third kappa shape index (κ3) is 11.1. The van der Waals surface area contributed by atoms with E-state index in [2.05, 4.69) is 50.1 Å². The van der Waals surface area contributed by atoms with Crippen molar-refractivity contribution in [2.24, 2.45) is 17.8 Å². The van der Waals surface area contributed by atoms with Gasteiger partial charge in [0, 0.05) is 6.07 Å². The molecule has 0 amide bonds. The van der Waals surface area contributed by atoms with E-state index < -0.39 is 25.2 Å². The van der Waals surface area contributed by atoms with Gasteiger partial charge >= 0.3 is 11.9 Å². The van der Waals surface area contributed by atoms with Gasteiger partial charge in [-0.2, -0.15) is 0 Å². The Morgan fingerprint density at radius 3 is 1.67 bits per heavy atom. The van der Waals surface area contributed by atoms with Gasteiger partial charge in [0.15, 0.2) is 0 Å². The van der Waals surface area contributed by atoms with Crippen molar-refractivity contribution in [2.75, 3.05) is 39.6 Å². The van der Waals surface area contributed by atoms with Gasteiger partial charge in [0.2, 0.25) is 0 Å². The fourth-order valence-electron chi connectivity index (χ4n) is 7.00. The molecule has 0 radical (unpaired) electrons. The van der Waals surface area contributed by atoms with E-state index in [-0.39, 0.29) is 37.6 Å². The van der Waals surface area contributed by atoms with Crippen LogP contribution in [0.5, 0.6) is 11.5 Å². The van der Waals surface area contributed by atoms with Gasteiger partial charge in [-0.25, -0.2) is 9.59 Å². The summed E-state index contributed by atoms with van der Waals surface area (Å²) in [6, 6.07) is 14.3. The van der Waals surface area contributed by atoms with Crippen molar-refractivity contribution in [1.82, 2.24) is 0 Å². The second kappa shape index (κ2) is 19.2. The summed E-state index contributed by atoms with van der Waals surface area (Å²) in [5.74, 6) is 2.94. The SMILES string of the molecule is C=CCCC1CCC(C2CCC(c3ccc(-c4cc(OCCOC(=O)C(=C)CO)cc(OCCOC(=O)C(=C)CO)c4)cc3)CC2)CC1. The normalized spacial score (nSPS) is 20.7. The molecule has 2 aliphatic carbocycles. The van der Waals surface area contributed by atoms with Crippen LogP contribution in [0.4, 0.5) is 0 Å². The molecule has 0 unspecified atom stereocenters. The highest BCUT2D eigenvalue weighted by molar-refractivity contribution is 5.88. The predicted molar refractivity (Wildman–Crippen MR) is 187 cm³/mol. The number of allylic oxidation sites excluding steroid dienone is 1. The summed E-state index contributed by atoms with van der Waals surface area (Å²) in [6.07, 6.45) is 15.2. The number of carbonyl (C=O) groups is 2. The molecule has 4 rings (SSSR count). The highest BCUT2D eigenvalue weighted by Crippen LogP contribution is 2.44. The van der Waals surface area contributed by atoms with Gasteiger partial charge in [-0.3, -0.25) is 0 Å². The third-order valence-electron chi connectivity index (χ3n) is 9.83. The zero-order valence-corrected chi connectivity index (χ0v) is 28.2. The second-order valence-corrected chi connectivity index (χ2v) is 13.1. The molecule has 2 aromatic carbocycles. The molecule has 2 aromatic rings. The van der Waals surface area contributed by atoms with Gasteiger partial charge < -0.3 is 29.2 Å². The first kappa shape index (κ1) is 36.9. The number of aliphatic hydroxyl groups is 2. The molecule has 0 heterocycles. The zero-order valence-electron chi connectivity index (χ0n) is 28.2. The maximum absolute atomic E-state index is 11.8. The molecule has 8 heteroatoms. The number of hydrogen-bond donors (Lipinski definition) is 2. The number of rotatable bonds is 18. The lowest BCUT2D eigenvalue weighted by Gasteiger charge is -2.38. The van der Waals surface area contributed by atoms with E-state index in [0.29, 0.717) is 17.4 Å². The Hall–Kier alpha value is -3.88. The average molecular weight is 661 g/mol. The summed E-state index contributed by atoms with van der Waals surface area (Å²) in [4.78, 5) is 23.6. The molecule has 2 fully saturated rings. The van der Waals surface area contributed by atoms with Gasteiger partial charge in [0.1, 0.15) is 37.9 Å². The monoisotopic (exact) mass is 660 g/mol. The van der Waals surface area contributed by atoms with E-state index >= 15 is 0 Å². The van der Waals surface area contributed by atoms with Crippen LogP contribution in [0.3, 0.4) is 0 Å². The summed E-state index contributed by atoms with van der Waals surface area (Å²) in [6.45, 7) is 10.0. The molecule has 2 aliphatic rings. The fraction of sp³-hybridized carbons (Fsp3) is 0.500. The lowest BCUT2D eigenvalue weighted by molar-refractivity contribution is -0.141. The van der Waals surface area contributed by atoms with Gasteiger partial charge in [0.05, 0.1) is 24.4 Å². The first-order chi connectivity index (χ1) is 23.3. The summed E-state index contributed by atoms with van der Waals surface area (Å²) in [5.41, 5.74) is 3.23. The zero-order chi connectivity index (χ0) is 34.3. The van der Waals surface area contributed by atoms with E-state index in [1.807, 2.05) is 12.1 Å². The van der Waals surface area contributed by atoms with Crippen LogP contribution in [0.15, 0.2) is 79.4 Å². The number of carbonyl (C=O) groups excluding carboxylic acids is 2. The van der Waals surface area contributed by atoms with Crippen LogP contribution < -0.4 is 9.47 Å². The minimum atomic E-state index is -0.673. The highest BCUT2D eigenvalue weighted by atomic mass is 16.6. The quantitative estimate of drug-likeness (QED) is 0.0740. The number of ether oxygens (including phenoxy) is 4. The van der Waals surface area contributed by atoms with E-state index in [0.717, 1.165) is 35.3 Å². The average Bonchev–Trinajstić information content (AvgIpc) is 3.13. The smallest absolute Gasteiger partial charge is 0.335 e. The van der Waals surface area contributed by atoms with Crippen molar-refractivity contribution in [1.29, 1.82) is 0 Å². The molecule has 0 spiro atoms. The van der Waals surface area contributed by atoms with Crippen LogP contribution >= 0.6 is 0 Å². The van der Waals surface area contributed by atoms with Crippen LogP contribution in [-0.2, 0) is 19.1 Å². The second-order valence-electron chi connectivity index (χ2n) is 13.1. The number of benzene rings is 2. The van der Waals surface area contributed by atoms with Crippen molar-refractivity contribution in [3.63, 3.8) is 0 Å². The molecule has 2 saturated carbocycles. The van der Waals surface area contributed by atoms with Gasteiger partial charge in [-0.05, 0) is 104 Å². The Kier molecular flexibility index (Phi) is 14.8. The maximum Gasteiger partial charge on any atom is 0.335 e. The molecule has 48 heavy (non-hydrogen) atoms. The predicted octanol–water partition coefficient (Wildman–Crippen LogP) is 7.34. The minimum absolute atomic E-state index is 0.0170. The number of esters is 2. The van der Waals surface area contributed by atoms with E-state index in [4.69, 9.17) is 29.2 Å². The van der Waals surface area contributed by atoms with Crippen LogP contribution in [0, 0.1) is 17.8 Å². The number of aliphatic hydroxyl groups excluding tert-OH is 2. The Bertz CT molecular complexity index is 1310. The topological polar surface area (TPSA) is 112 Å². The van der Waals surface area contributed by atoms with Crippen LogP contribution in [0.25, 0.3) is 11.1 Å². The molecule has 260 valence electrons. The van der Waals surface area contributed by atoms with Crippen molar-refractivity contribution >= 4 is 11.9 Å². The van der Waals surface area contributed by atoms with Gasteiger partial charge in [0.25, 0.3) is 0 Å². The molecule has 0 bridgehead atoms. The fourth-order valence-corrected chi connectivity index (χ4v) is 7.00. The van der Waals surface area contributed by atoms with Crippen molar-refractivity contribution in [3.8, 4) is 22.6 Å². The van der Waals surface area contributed by atoms with Crippen molar-refractivity contribution in [2.45, 2.75) is 70.1 Å². The van der Waals surface area contributed by atoms with E-state index in [1.165, 1.54) is 63.4 Å². The lowest BCUT2D eigenvalue weighted by Crippen LogP contribution is -2.25. The third-order valence-corrected chi connectivity index (χ3v) is 9.83. The summed E-state index contributed by atoms with van der Waals surface area (Å²) in [5, 5.41) is 18.1. The van der Waals surface area contributed by atoms with Crippen molar-refractivity contribution < 1.29 is 38.7 Å². The van der Waals surface area contributed by atoms with Crippen LogP contribution in [0.1, 0.15) is 75.7 Å². The molecule has 2 N–H and O–H groups in total. The molecule has 0 saturated heterocycles. The van der Waals surface area contributed by atoms with Gasteiger partial charge in [-0.15, -0.1) is 6.58 Å². The largest absolute Gasteiger partial charge is 0.490 e. The summed E-state index contributed by atoms with van der Waals surface area (Å²) < 4.78 is 22.0. The molecule has 0 atom stereocenters. The standard InChI is InChI=1S/C40H52O8/c1-4-5-6-30-7-9-31(10-8-30)32-11-13-33(14-12-32)34-15-17-35(18-16-34)36-23-37(45-19-21-47-39(43)28(2)26-41)25-38(24-36)46-20-22-48-40(44)29(3)27-42/h4,15-18,23-25,30-33,41-42H,1-3,5-14,19-22,26-27H2. The Labute approximate surface area is 285 Å². The Morgan fingerprint density at radius 1 is 0.688 bits per heavy atom. The van der Waals surface area contributed by atoms with Crippen LogP contribution in [-0.4, -0.2) is 61.8 Å². The van der Waals surface area contributed by atoms with E-state index in [9.17, 15) is 9.59 Å². The summed E-state index contributed by atoms with van der Waals surface area (Å²) in [7, 11) is 0. The van der Waals surface area contributed by atoms with E-state index in [1.54, 1.807) is 6.07 Å². The number of hydrogen-bond acceptors (Lipinski definition) is 8. The summed E-state index contributed by atoms with van der Waals surface area (Å²) >= 11 is 0. The Morgan fingerprint density at radius 2 is 1.19 bits per heavy atom. The van der Waals surface area contributed by atoms with Crippen LogP contribution in [0.2, 0.25) is 0 Å². The molecule has 0 aliphatic heterocycles.